The normalized spacial score (nSPS) is 10.3. The summed E-state index contributed by atoms with van der Waals surface area (Å²) in [4.78, 5) is 15.8. The molecule has 1 aromatic heterocycles. The number of carbonyl (C=O) groups is 1. The second-order valence-electron chi connectivity index (χ2n) is 3.54. The minimum Gasteiger partial charge on any atom is -0.319 e. The number of nitrogens with zero attached hydrogens (tertiary/aromatic N) is 1. The molecule has 1 heterocycles. The number of hydrogen-bond acceptors (Lipinski definition) is 2. The Kier molecular flexibility index (Phi) is 4.24. The highest BCUT2D eigenvalue weighted by atomic mass is 35.5. The van der Waals surface area contributed by atoms with Gasteiger partial charge in [-0.25, -0.2) is 9.37 Å². The topological polar surface area (TPSA) is 42.0 Å². The molecular weight excluding hydrogens is 314 g/mol. The maximum Gasteiger partial charge on any atom is 0.275 e. The number of nitrogens with one attached hydrogen (secondary N) is 1. The van der Waals surface area contributed by atoms with E-state index in [0.29, 0.717) is 0 Å². The SMILES string of the molecule is O=C(Nc1ccc(F)cc1Cl)c1nc(Cl)ccc1Cl. The number of aromatic nitrogens is 1. The summed E-state index contributed by atoms with van der Waals surface area (Å²) in [6.45, 7) is 0. The van der Waals surface area contributed by atoms with Gasteiger partial charge < -0.3 is 5.32 Å². The number of amides is 1. The second kappa shape index (κ2) is 5.74. The number of hydrogen-bond donors (Lipinski definition) is 1. The van der Waals surface area contributed by atoms with Crippen LogP contribution in [0.2, 0.25) is 15.2 Å². The Balaban J connectivity index is 2.28. The molecule has 0 aliphatic heterocycles. The number of halogens is 4. The molecule has 2 aromatic rings. The zero-order valence-corrected chi connectivity index (χ0v) is 11.5. The van der Waals surface area contributed by atoms with E-state index in [1.165, 1.54) is 24.3 Å². The first-order chi connectivity index (χ1) is 8.97. The summed E-state index contributed by atoms with van der Waals surface area (Å²) in [6.07, 6.45) is 0. The lowest BCUT2D eigenvalue weighted by molar-refractivity contribution is 0.102. The van der Waals surface area contributed by atoms with Crippen molar-refractivity contribution in [2.75, 3.05) is 5.32 Å². The van der Waals surface area contributed by atoms with Gasteiger partial charge in [0, 0.05) is 0 Å². The third-order valence-corrected chi connectivity index (χ3v) is 3.03. The van der Waals surface area contributed by atoms with Crippen LogP contribution in [-0.4, -0.2) is 10.9 Å². The standard InChI is InChI=1S/C12H6Cl3FN2O/c13-7-2-4-10(15)18-11(7)12(19)17-9-3-1-6(16)5-8(9)14/h1-5H,(H,17,19). The van der Waals surface area contributed by atoms with Gasteiger partial charge in [-0.2, -0.15) is 0 Å². The van der Waals surface area contributed by atoms with Gasteiger partial charge in [0.1, 0.15) is 16.7 Å². The molecule has 0 spiro atoms. The van der Waals surface area contributed by atoms with E-state index in [2.05, 4.69) is 10.3 Å². The molecule has 1 N–H and O–H groups in total. The molecule has 0 atom stereocenters. The van der Waals surface area contributed by atoms with Gasteiger partial charge in [-0.1, -0.05) is 34.8 Å². The number of carbonyl (C=O) groups excluding carboxylic acids is 1. The molecule has 0 saturated carbocycles. The van der Waals surface area contributed by atoms with E-state index in [-0.39, 0.29) is 26.6 Å². The number of rotatable bonds is 2. The molecular formula is C12H6Cl3FN2O. The predicted molar refractivity (Wildman–Crippen MR) is 73.6 cm³/mol. The van der Waals surface area contributed by atoms with Gasteiger partial charge >= 0.3 is 0 Å². The van der Waals surface area contributed by atoms with Crippen molar-refractivity contribution in [1.29, 1.82) is 0 Å². The fourth-order valence-electron chi connectivity index (χ4n) is 1.35. The van der Waals surface area contributed by atoms with Crippen molar-refractivity contribution in [2.45, 2.75) is 0 Å². The Labute approximate surface area is 123 Å². The van der Waals surface area contributed by atoms with Gasteiger partial charge in [0.25, 0.3) is 5.91 Å². The smallest absolute Gasteiger partial charge is 0.275 e. The predicted octanol–water partition coefficient (Wildman–Crippen LogP) is 4.43. The van der Waals surface area contributed by atoms with Crippen LogP contribution in [0.25, 0.3) is 0 Å². The molecule has 0 radical (unpaired) electrons. The van der Waals surface area contributed by atoms with Crippen molar-refractivity contribution < 1.29 is 9.18 Å². The zero-order chi connectivity index (χ0) is 14.0. The Hall–Kier alpha value is -1.36. The molecule has 1 amide bonds. The fourth-order valence-corrected chi connectivity index (χ4v) is 1.90. The van der Waals surface area contributed by atoms with E-state index in [9.17, 15) is 9.18 Å². The quantitative estimate of drug-likeness (QED) is 0.832. The van der Waals surface area contributed by atoms with Gasteiger partial charge in [-0.05, 0) is 30.3 Å². The molecule has 0 unspecified atom stereocenters. The van der Waals surface area contributed by atoms with Crippen LogP contribution in [0.3, 0.4) is 0 Å². The summed E-state index contributed by atoms with van der Waals surface area (Å²) < 4.78 is 12.9. The van der Waals surface area contributed by atoms with Crippen molar-refractivity contribution in [2.24, 2.45) is 0 Å². The third kappa shape index (κ3) is 3.35. The van der Waals surface area contributed by atoms with Crippen molar-refractivity contribution >= 4 is 46.4 Å². The second-order valence-corrected chi connectivity index (χ2v) is 4.74. The molecule has 3 nitrogen and oxygen atoms in total. The van der Waals surface area contributed by atoms with Gasteiger partial charge in [-0.15, -0.1) is 0 Å². The van der Waals surface area contributed by atoms with Crippen LogP contribution in [-0.2, 0) is 0 Å². The summed E-state index contributed by atoms with van der Waals surface area (Å²) in [6, 6.07) is 6.52. The van der Waals surface area contributed by atoms with Gasteiger partial charge in [0.2, 0.25) is 0 Å². The Bertz CT molecular complexity index is 649. The van der Waals surface area contributed by atoms with Crippen LogP contribution in [0.4, 0.5) is 10.1 Å². The van der Waals surface area contributed by atoms with E-state index in [1.54, 1.807) is 0 Å². The van der Waals surface area contributed by atoms with Gasteiger partial charge in [-0.3, -0.25) is 4.79 Å². The molecule has 1 aromatic carbocycles. The highest BCUT2D eigenvalue weighted by Gasteiger charge is 2.14. The number of pyridine rings is 1. The largest absolute Gasteiger partial charge is 0.319 e. The first kappa shape index (κ1) is 14.1. The molecule has 19 heavy (non-hydrogen) atoms. The molecule has 2 rings (SSSR count). The zero-order valence-electron chi connectivity index (χ0n) is 9.25. The lowest BCUT2D eigenvalue weighted by atomic mass is 10.3. The highest BCUT2D eigenvalue weighted by Crippen LogP contribution is 2.24. The van der Waals surface area contributed by atoms with Gasteiger partial charge in [0.05, 0.1) is 15.7 Å². The molecule has 98 valence electrons. The Morgan fingerprint density at radius 1 is 1.11 bits per heavy atom. The number of benzene rings is 1. The monoisotopic (exact) mass is 318 g/mol. The minimum absolute atomic E-state index is 0.0328. The maximum atomic E-state index is 12.9. The first-order valence-corrected chi connectivity index (χ1v) is 6.19. The minimum atomic E-state index is -0.582. The average molecular weight is 320 g/mol. The average Bonchev–Trinajstić information content (AvgIpc) is 2.35. The van der Waals surface area contributed by atoms with Gasteiger partial charge in [0.15, 0.2) is 0 Å². The van der Waals surface area contributed by atoms with E-state index >= 15 is 0 Å². The molecule has 0 aliphatic rings. The molecule has 0 saturated heterocycles. The lowest BCUT2D eigenvalue weighted by Crippen LogP contribution is -2.14. The van der Waals surface area contributed by atoms with E-state index < -0.39 is 11.7 Å². The summed E-state index contributed by atoms with van der Waals surface area (Å²) in [7, 11) is 0. The van der Waals surface area contributed by atoms with E-state index in [1.807, 2.05) is 0 Å². The summed E-state index contributed by atoms with van der Waals surface area (Å²) in [5.41, 5.74) is 0.223. The van der Waals surface area contributed by atoms with Crippen LogP contribution in [0.1, 0.15) is 10.5 Å². The lowest BCUT2D eigenvalue weighted by Gasteiger charge is -2.08. The van der Waals surface area contributed by atoms with Crippen LogP contribution in [0.5, 0.6) is 0 Å². The Morgan fingerprint density at radius 2 is 1.84 bits per heavy atom. The summed E-state index contributed by atoms with van der Waals surface area (Å²) in [5, 5.41) is 2.85. The third-order valence-electron chi connectivity index (χ3n) is 2.21. The number of anilines is 1. The van der Waals surface area contributed by atoms with Crippen molar-refractivity contribution in [3.8, 4) is 0 Å². The summed E-state index contributed by atoms with van der Waals surface area (Å²) >= 11 is 17.3. The van der Waals surface area contributed by atoms with E-state index in [0.717, 1.165) is 6.07 Å². The van der Waals surface area contributed by atoms with Crippen LogP contribution >= 0.6 is 34.8 Å². The summed E-state index contributed by atoms with van der Waals surface area (Å²) in [5.74, 6) is -1.08. The first-order valence-electron chi connectivity index (χ1n) is 5.06. The molecule has 0 aliphatic carbocycles. The van der Waals surface area contributed by atoms with Crippen LogP contribution in [0.15, 0.2) is 30.3 Å². The molecule has 7 heteroatoms. The van der Waals surface area contributed by atoms with Crippen molar-refractivity contribution in [1.82, 2.24) is 4.98 Å². The van der Waals surface area contributed by atoms with Crippen LogP contribution < -0.4 is 5.32 Å². The fraction of sp³-hybridized carbons (Fsp3) is 0. The van der Waals surface area contributed by atoms with Crippen molar-refractivity contribution in [3.63, 3.8) is 0 Å². The van der Waals surface area contributed by atoms with E-state index in [4.69, 9.17) is 34.8 Å². The molecule has 0 bridgehead atoms. The Morgan fingerprint density at radius 3 is 2.53 bits per heavy atom. The highest BCUT2D eigenvalue weighted by molar-refractivity contribution is 6.36. The molecule has 0 fully saturated rings. The maximum absolute atomic E-state index is 12.9. The van der Waals surface area contributed by atoms with Crippen molar-refractivity contribution in [3.05, 3.63) is 57.0 Å². The van der Waals surface area contributed by atoms with Crippen LogP contribution in [0, 0.1) is 5.82 Å².